The number of aliphatic hydroxyl groups is 2. The van der Waals surface area contributed by atoms with Crippen LogP contribution >= 0.6 is 0 Å². The number of cyclic esters (lactones) is 2. The number of carbonyl (C=O) groups excluding carboxylic acids is 2. The first-order valence-corrected chi connectivity index (χ1v) is 33.3. The fourth-order valence-electron chi connectivity index (χ4n) is 11.1. The van der Waals surface area contributed by atoms with Gasteiger partial charge in [0.1, 0.15) is 13.2 Å². The summed E-state index contributed by atoms with van der Waals surface area (Å²) < 4.78 is 10.6. The summed E-state index contributed by atoms with van der Waals surface area (Å²) in [4.78, 5) is 24.7. The van der Waals surface area contributed by atoms with Gasteiger partial charge in [-0.15, -0.1) is 0 Å². The second-order valence-corrected chi connectivity index (χ2v) is 23.9. The van der Waals surface area contributed by atoms with E-state index in [1.54, 1.807) is 0 Å². The Hall–Kier alpha value is -1.40. The number of allylic oxidation sites excluding steroid dienone is 2. The number of hydrogen-bond donors (Lipinski definition) is 2. The summed E-state index contributed by atoms with van der Waals surface area (Å²) in [5.74, 6) is -1.40. The Kier molecular flexibility index (Phi) is 54.2. The fraction of sp³-hybridized carbons (Fsp3) is 0.940. The zero-order valence-electron chi connectivity index (χ0n) is 49.2. The van der Waals surface area contributed by atoms with Gasteiger partial charge in [-0.1, -0.05) is 340 Å². The van der Waals surface area contributed by atoms with Crippen LogP contribution in [0.25, 0.3) is 0 Å². The average molecular weight is 1030 g/mol. The molecule has 0 aromatic carbocycles. The predicted molar refractivity (Wildman–Crippen MR) is 315 cm³/mol. The minimum Gasteiger partial charge on any atom is -0.465 e. The number of unbranched alkanes of at least 4 members (excludes halogenated alkanes) is 52. The Morgan fingerprint density at radius 3 is 0.849 bits per heavy atom. The summed E-state index contributed by atoms with van der Waals surface area (Å²) in [6, 6.07) is 0. The van der Waals surface area contributed by atoms with E-state index in [9.17, 15) is 19.8 Å². The molecule has 73 heavy (non-hydrogen) atoms. The first-order valence-electron chi connectivity index (χ1n) is 33.3. The van der Waals surface area contributed by atoms with Crippen LogP contribution < -0.4 is 0 Å². The summed E-state index contributed by atoms with van der Waals surface area (Å²) in [5, 5.41) is 19.2. The summed E-state index contributed by atoms with van der Waals surface area (Å²) in [6.07, 6.45) is 81.6. The minimum absolute atomic E-state index is 0.00458. The molecule has 432 valence electrons. The van der Waals surface area contributed by atoms with Crippen LogP contribution in [0.1, 0.15) is 366 Å². The van der Waals surface area contributed by atoms with E-state index in [4.69, 9.17) is 9.47 Å². The van der Waals surface area contributed by atoms with E-state index in [-0.39, 0.29) is 19.6 Å². The molecular weight excluding hydrogens is 901 g/mol. The van der Waals surface area contributed by atoms with Crippen molar-refractivity contribution in [2.75, 3.05) is 26.4 Å². The molecule has 1 aliphatic rings. The van der Waals surface area contributed by atoms with Gasteiger partial charge in [0.25, 0.3) is 0 Å². The van der Waals surface area contributed by atoms with Gasteiger partial charge in [0.05, 0.1) is 31.0 Å². The van der Waals surface area contributed by atoms with Crippen molar-refractivity contribution in [1.29, 1.82) is 0 Å². The normalized spacial score (nSPS) is 15.2. The Morgan fingerprint density at radius 1 is 0.356 bits per heavy atom. The van der Waals surface area contributed by atoms with E-state index in [2.05, 4.69) is 19.1 Å². The summed E-state index contributed by atoms with van der Waals surface area (Å²) in [6.45, 7) is 1.21. The van der Waals surface area contributed by atoms with Crippen LogP contribution in [0, 0.1) is 11.3 Å². The van der Waals surface area contributed by atoms with Crippen molar-refractivity contribution in [1.82, 2.24) is 0 Å². The predicted octanol–water partition coefficient (Wildman–Crippen LogP) is 21.1. The van der Waals surface area contributed by atoms with Crippen LogP contribution in [0.5, 0.6) is 0 Å². The molecule has 1 heterocycles. The quantitative estimate of drug-likeness (QED) is 0.0358. The summed E-state index contributed by atoms with van der Waals surface area (Å²) in [5.41, 5.74) is -1.12. The Balaban J connectivity index is 1.68. The molecule has 1 aliphatic heterocycles. The van der Waals surface area contributed by atoms with Gasteiger partial charge >= 0.3 is 11.9 Å². The smallest absolute Gasteiger partial charge is 0.309 e. The van der Waals surface area contributed by atoms with E-state index < -0.39 is 36.5 Å². The topological polar surface area (TPSA) is 93.1 Å². The van der Waals surface area contributed by atoms with Gasteiger partial charge in [0.2, 0.25) is 0 Å². The standard InChI is InChI=1S/C67H128O6/c1-2-3-4-5-6-7-8-9-10-11-12-13-14-15-16-17-18-19-20-21-22-23-24-25-26-27-28-29-30-31-32-33-34-35-36-37-38-39-40-41-42-43-44-45-46-47-48-49-50-51-52-53-54-55-56-57-58-64-59-65(70)72-62-67(60-68,61-69)63-73-66(64)71/h29-30,64,68-69H,2-28,31-63H2,1H3/b30-29+. The Morgan fingerprint density at radius 2 is 0.589 bits per heavy atom. The average Bonchev–Trinajstić information content (AvgIpc) is 3.46. The lowest BCUT2D eigenvalue weighted by Crippen LogP contribution is -2.40. The van der Waals surface area contributed by atoms with Crippen LogP contribution in [0.2, 0.25) is 0 Å². The van der Waals surface area contributed by atoms with E-state index in [0.29, 0.717) is 6.42 Å². The van der Waals surface area contributed by atoms with E-state index in [1.165, 1.54) is 327 Å². The Labute approximate surface area is 455 Å². The maximum absolute atomic E-state index is 12.5. The minimum atomic E-state index is -1.12. The van der Waals surface area contributed by atoms with Gasteiger partial charge in [-0.3, -0.25) is 9.59 Å². The zero-order chi connectivity index (χ0) is 52.5. The van der Waals surface area contributed by atoms with E-state index in [0.717, 1.165) is 19.3 Å². The molecule has 1 saturated heterocycles. The van der Waals surface area contributed by atoms with Crippen molar-refractivity contribution >= 4 is 11.9 Å². The second kappa shape index (κ2) is 56.8. The van der Waals surface area contributed by atoms with Crippen molar-refractivity contribution in [3.63, 3.8) is 0 Å². The molecule has 1 unspecified atom stereocenters. The van der Waals surface area contributed by atoms with Crippen molar-refractivity contribution in [2.24, 2.45) is 11.3 Å². The number of ether oxygens (including phenoxy) is 2. The fourth-order valence-corrected chi connectivity index (χ4v) is 11.1. The molecule has 0 radical (unpaired) electrons. The zero-order valence-corrected chi connectivity index (χ0v) is 49.2. The molecule has 0 bridgehead atoms. The lowest BCUT2D eigenvalue weighted by atomic mass is 9.92. The highest BCUT2D eigenvalue weighted by molar-refractivity contribution is 5.80. The van der Waals surface area contributed by atoms with Gasteiger partial charge in [-0.05, 0) is 32.1 Å². The number of rotatable bonds is 58. The largest absolute Gasteiger partial charge is 0.465 e. The van der Waals surface area contributed by atoms with E-state index in [1.807, 2.05) is 0 Å². The Bertz CT molecular complexity index is 1150. The van der Waals surface area contributed by atoms with Crippen LogP contribution in [-0.2, 0) is 19.1 Å². The van der Waals surface area contributed by atoms with Crippen LogP contribution in [0.15, 0.2) is 12.2 Å². The molecule has 6 nitrogen and oxygen atoms in total. The molecular formula is C67H128O6. The molecule has 0 aliphatic carbocycles. The van der Waals surface area contributed by atoms with Gasteiger partial charge in [-0.25, -0.2) is 0 Å². The highest BCUT2D eigenvalue weighted by Gasteiger charge is 2.36. The maximum Gasteiger partial charge on any atom is 0.309 e. The SMILES string of the molecule is CCCCCCCCCCCCCCCCCCCCCCCCCCCC/C=C/CCCCCCCCCCCCCCCCCCCCCCCCCCCCC1CC(=O)OCC(CO)(CO)COC1=O. The van der Waals surface area contributed by atoms with Crippen molar-refractivity contribution < 1.29 is 29.3 Å². The number of hydrogen-bond acceptors (Lipinski definition) is 6. The lowest BCUT2D eigenvalue weighted by molar-refractivity contribution is -0.155. The summed E-state index contributed by atoms with van der Waals surface area (Å²) in [7, 11) is 0. The molecule has 1 fully saturated rings. The van der Waals surface area contributed by atoms with Crippen LogP contribution in [-0.4, -0.2) is 48.6 Å². The third-order valence-electron chi connectivity index (χ3n) is 16.5. The molecule has 6 heteroatoms. The van der Waals surface area contributed by atoms with Crippen molar-refractivity contribution in [3.05, 3.63) is 12.2 Å². The van der Waals surface area contributed by atoms with Crippen LogP contribution in [0.3, 0.4) is 0 Å². The van der Waals surface area contributed by atoms with Gasteiger partial charge in [0, 0.05) is 0 Å². The molecule has 1 rings (SSSR count). The molecule has 0 saturated carbocycles. The lowest BCUT2D eigenvalue weighted by Gasteiger charge is -2.27. The third-order valence-corrected chi connectivity index (χ3v) is 16.5. The van der Waals surface area contributed by atoms with Gasteiger partial charge in [-0.2, -0.15) is 0 Å². The van der Waals surface area contributed by atoms with Crippen molar-refractivity contribution in [2.45, 2.75) is 366 Å². The number of carbonyl (C=O) groups is 2. The monoisotopic (exact) mass is 1030 g/mol. The number of esters is 2. The molecule has 0 spiro atoms. The van der Waals surface area contributed by atoms with Gasteiger partial charge in [0.15, 0.2) is 0 Å². The highest BCUT2D eigenvalue weighted by Crippen LogP contribution is 2.25. The molecule has 0 aromatic heterocycles. The van der Waals surface area contributed by atoms with Crippen molar-refractivity contribution in [3.8, 4) is 0 Å². The van der Waals surface area contributed by atoms with E-state index >= 15 is 0 Å². The highest BCUT2D eigenvalue weighted by atomic mass is 16.6. The molecule has 0 amide bonds. The van der Waals surface area contributed by atoms with Gasteiger partial charge < -0.3 is 19.7 Å². The molecule has 2 N–H and O–H groups in total. The first-order chi connectivity index (χ1) is 36.1. The molecule has 0 aromatic rings. The first kappa shape index (κ1) is 69.6. The third kappa shape index (κ3) is 48.7. The number of aliphatic hydroxyl groups excluding tert-OH is 2. The molecule has 1 atom stereocenters. The van der Waals surface area contributed by atoms with Crippen LogP contribution in [0.4, 0.5) is 0 Å². The second-order valence-electron chi connectivity index (χ2n) is 23.9. The summed E-state index contributed by atoms with van der Waals surface area (Å²) >= 11 is 0. The maximum atomic E-state index is 12.5.